The number of aryl methyl sites for hydroxylation is 1. The Hall–Kier alpha value is -3.70. The van der Waals surface area contributed by atoms with Crippen molar-refractivity contribution in [3.63, 3.8) is 0 Å². The first kappa shape index (κ1) is 24.0. The van der Waals surface area contributed by atoms with Crippen LogP contribution in [0.2, 0.25) is 5.02 Å². The van der Waals surface area contributed by atoms with E-state index in [1.165, 1.54) is 0 Å². The van der Waals surface area contributed by atoms with E-state index in [2.05, 4.69) is 18.8 Å². The largest absolute Gasteiger partial charge is 0.507 e. The van der Waals surface area contributed by atoms with Gasteiger partial charge in [0.2, 0.25) is 0 Å². The second-order valence-corrected chi connectivity index (χ2v) is 10.7. The van der Waals surface area contributed by atoms with Crippen molar-refractivity contribution in [2.75, 3.05) is 4.90 Å². The van der Waals surface area contributed by atoms with Gasteiger partial charge in [-0.25, -0.2) is 0 Å². The number of aliphatic hydroxyl groups is 1. The number of allylic oxidation sites excluding steroid dienone is 2. The molecular formula is C30H28ClN3O2. The molecule has 5 nitrogen and oxygen atoms in total. The van der Waals surface area contributed by atoms with Crippen molar-refractivity contribution in [3.05, 3.63) is 112 Å². The van der Waals surface area contributed by atoms with Crippen LogP contribution in [0.1, 0.15) is 49.3 Å². The lowest BCUT2D eigenvalue weighted by Crippen LogP contribution is -2.45. The number of hydrogen-bond donors (Lipinski definition) is 2. The summed E-state index contributed by atoms with van der Waals surface area (Å²) in [4.78, 5) is 19.9. The predicted molar refractivity (Wildman–Crippen MR) is 144 cm³/mol. The number of carbonyl (C=O) groups is 1. The standard InChI is InChI=1S/C30H28ClN3O2/c1-18-11-12-21(14-22(18)31)34-23-15-30(2,3)16-24(35)26(23)25(20-10-7-13-33-17-20)27(29(34)32)28(36)19-8-5-4-6-9-19/h4-14,17,25,32,36H,15-16H2,1-3H3/b28-27+,32-29?. The van der Waals surface area contributed by atoms with Crippen LogP contribution in [0, 0.1) is 17.7 Å². The smallest absolute Gasteiger partial charge is 0.162 e. The van der Waals surface area contributed by atoms with Gasteiger partial charge < -0.3 is 5.11 Å². The Labute approximate surface area is 216 Å². The minimum absolute atomic E-state index is 0.0178. The fourth-order valence-electron chi connectivity index (χ4n) is 5.25. The molecule has 1 atom stereocenters. The molecule has 1 aliphatic heterocycles. The summed E-state index contributed by atoms with van der Waals surface area (Å²) in [5, 5.41) is 21.6. The maximum atomic E-state index is 13.8. The van der Waals surface area contributed by atoms with Crippen LogP contribution in [0.5, 0.6) is 0 Å². The Morgan fingerprint density at radius 2 is 1.86 bits per heavy atom. The highest BCUT2D eigenvalue weighted by Crippen LogP contribution is 2.51. The molecule has 0 amide bonds. The van der Waals surface area contributed by atoms with Crippen molar-refractivity contribution < 1.29 is 9.90 Å². The van der Waals surface area contributed by atoms with E-state index < -0.39 is 5.92 Å². The second-order valence-electron chi connectivity index (χ2n) is 10.3. The molecule has 0 saturated carbocycles. The molecule has 5 rings (SSSR count). The molecule has 6 heteroatoms. The van der Waals surface area contributed by atoms with Crippen LogP contribution < -0.4 is 4.90 Å². The number of carbonyl (C=O) groups excluding carboxylic acids is 1. The first-order valence-electron chi connectivity index (χ1n) is 12.0. The highest BCUT2D eigenvalue weighted by Gasteiger charge is 2.46. The van der Waals surface area contributed by atoms with E-state index in [1.807, 2.05) is 55.5 Å². The van der Waals surface area contributed by atoms with Gasteiger partial charge in [0.05, 0.1) is 0 Å². The van der Waals surface area contributed by atoms with Crippen LogP contribution >= 0.6 is 11.6 Å². The quantitative estimate of drug-likeness (QED) is 0.374. The lowest BCUT2D eigenvalue weighted by Gasteiger charge is -2.45. The zero-order valence-electron chi connectivity index (χ0n) is 20.5. The fraction of sp³-hybridized carbons (Fsp3) is 0.233. The summed E-state index contributed by atoms with van der Waals surface area (Å²) in [6.07, 6.45) is 4.39. The monoisotopic (exact) mass is 497 g/mol. The topological polar surface area (TPSA) is 77.3 Å². The lowest BCUT2D eigenvalue weighted by molar-refractivity contribution is -0.118. The minimum atomic E-state index is -0.609. The highest BCUT2D eigenvalue weighted by molar-refractivity contribution is 6.32. The summed E-state index contributed by atoms with van der Waals surface area (Å²) in [6.45, 7) is 6.07. The van der Waals surface area contributed by atoms with Crippen molar-refractivity contribution in [2.24, 2.45) is 5.41 Å². The summed E-state index contributed by atoms with van der Waals surface area (Å²) in [6, 6.07) is 18.5. The van der Waals surface area contributed by atoms with Gasteiger partial charge in [0.25, 0.3) is 0 Å². The molecule has 0 spiro atoms. The maximum Gasteiger partial charge on any atom is 0.162 e. The third-order valence-electron chi connectivity index (χ3n) is 6.96. The SMILES string of the molecule is Cc1ccc(N2C(=N)/C(=C(/O)c3ccccc3)C(c3cccnc3)C3=C2CC(C)(C)CC3=O)cc1Cl. The van der Waals surface area contributed by atoms with Gasteiger partial charge in [0.1, 0.15) is 11.6 Å². The zero-order valence-corrected chi connectivity index (χ0v) is 21.3. The van der Waals surface area contributed by atoms with Crippen LogP contribution in [-0.4, -0.2) is 21.7 Å². The molecule has 3 aromatic rings. The third kappa shape index (κ3) is 4.14. The van der Waals surface area contributed by atoms with Crippen molar-refractivity contribution in [1.29, 1.82) is 5.41 Å². The van der Waals surface area contributed by atoms with Gasteiger partial charge in [-0.2, -0.15) is 0 Å². The van der Waals surface area contributed by atoms with E-state index in [1.54, 1.807) is 29.4 Å². The van der Waals surface area contributed by atoms with Gasteiger partial charge >= 0.3 is 0 Å². The number of nitrogens with one attached hydrogen (secondary N) is 1. The minimum Gasteiger partial charge on any atom is -0.507 e. The first-order valence-corrected chi connectivity index (χ1v) is 12.4. The van der Waals surface area contributed by atoms with Gasteiger partial charge in [0, 0.05) is 57.8 Å². The Balaban J connectivity index is 1.86. The van der Waals surface area contributed by atoms with Crippen LogP contribution in [0.15, 0.2) is 89.9 Å². The van der Waals surface area contributed by atoms with Gasteiger partial charge in [-0.1, -0.05) is 67.9 Å². The summed E-state index contributed by atoms with van der Waals surface area (Å²) in [7, 11) is 0. The molecular weight excluding hydrogens is 470 g/mol. The summed E-state index contributed by atoms with van der Waals surface area (Å²) < 4.78 is 0. The lowest BCUT2D eigenvalue weighted by atomic mass is 9.67. The summed E-state index contributed by atoms with van der Waals surface area (Å²) >= 11 is 6.51. The van der Waals surface area contributed by atoms with Gasteiger partial charge in [-0.05, 0) is 48.1 Å². The third-order valence-corrected chi connectivity index (χ3v) is 7.36. The second kappa shape index (κ2) is 9.07. The van der Waals surface area contributed by atoms with E-state index >= 15 is 0 Å². The van der Waals surface area contributed by atoms with E-state index in [9.17, 15) is 15.3 Å². The Bertz CT molecular complexity index is 1430. The molecule has 1 aromatic heterocycles. The number of amidine groups is 1. The number of ketones is 1. The number of halogens is 1. The average molecular weight is 498 g/mol. The van der Waals surface area contributed by atoms with Gasteiger partial charge in [-0.15, -0.1) is 0 Å². The van der Waals surface area contributed by atoms with Crippen molar-refractivity contribution in [3.8, 4) is 0 Å². The predicted octanol–water partition coefficient (Wildman–Crippen LogP) is 7.24. The molecule has 2 heterocycles. The Morgan fingerprint density at radius 3 is 2.53 bits per heavy atom. The molecule has 2 aromatic carbocycles. The number of aromatic nitrogens is 1. The van der Waals surface area contributed by atoms with E-state index in [-0.39, 0.29) is 22.8 Å². The number of Topliss-reactive ketones (excluding diaryl/α,β-unsaturated/α-hetero) is 1. The Morgan fingerprint density at radius 1 is 1.11 bits per heavy atom. The molecule has 0 fully saturated rings. The Kier molecular flexibility index (Phi) is 6.05. The normalized spacial score (nSPS) is 20.9. The number of nitrogens with zero attached hydrogens (tertiary/aromatic N) is 2. The molecule has 36 heavy (non-hydrogen) atoms. The molecule has 2 aliphatic rings. The van der Waals surface area contributed by atoms with Crippen molar-refractivity contribution >= 4 is 34.7 Å². The van der Waals surface area contributed by atoms with Crippen molar-refractivity contribution in [1.82, 2.24) is 4.98 Å². The van der Waals surface area contributed by atoms with Gasteiger partial charge in [0.15, 0.2) is 5.78 Å². The molecule has 182 valence electrons. The van der Waals surface area contributed by atoms with Crippen LogP contribution in [0.4, 0.5) is 5.69 Å². The summed E-state index contributed by atoms with van der Waals surface area (Å²) in [5.41, 5.74) is 4.45. The summed E-state index contributed by atoms with van der Waals surface area (Å²) in [5.74, 6) is -0.498. The molecule has 2 N–H and O–H groups in total. The molecule has 1 aliphatic carbocycles. The molecule has 0 radical (unpaired) electrons. The number of rotatable bonds is 3. The number of anilines is 1. The fourth-order valence-corrected chi connectivity index (χ4v) is 5.43. The van der Waals surface area contributed by atoms with E-state index in [0.717, 1.165) is 16.8 Å². The van der Waals surface area contributed by atoms with Crippen molar-refractivity contribution in [2.45, 2.75) is 39.5 Å². The number of aliphatic hydroxyl groups excluding tert-OH is 1. The zero-order chi connectivity index (χ0) is 25.6. The van der Waals surface area contributed by atoms with Crippen LogP contribution in [0.3, 0.4) is 0 Å². The molecule has 0 saturated heterocycles. The van der Waals surface area contributed by atoms with E-state index in [4.69, 9.17) is 11.6 Å². The molecule has 0 bridgehead atoms. The van der Waals surface area contributed by atoms with Crippen LogP contribution in [-0.2, 0) is 4.79 Å². The highest BCUT2D eigenvalue weighted by atomic mass is 35.5. The average Bonchev–Trinajstić information content (AvgIpc) is 2.85. The number of hydrogen-bond acceptors (Lipinski definition) is 4. The maximum absolute atomic E-state index is 13.8. The van der Waals surface area contributed by atoms with Gasteiger partial charge in [-0.3, -0.25) is 20.1 Å². The number of pyridine rings is 1. The molecule has 1 unspecified atom stereocenters. The number of benzene rings is 2. The van der Waals surface area contributed by atoms with Crippen LogP contribution in [0.25, 0.3) is 5.76 Å². The van der Waals surface area contributed by atoms with E-state index in [0.29, 0.717) is 40.3 Å². The first-order chi connectivity index (χ1) is 17.2.